The Kier molecular flexibility index (Phi) is 6.83. The van der Waals surface area contributed by atoms with E-state index in [1.165, 1.54) is 10.6 Å². The highest BCUT2D eigenvalue weighted by molar-refractivity contribution is 6.31. The number of urea groups is 1. The molecule has 0 fully saturated rings. The normalized spacial score (nSPS) is 16.6. The Labute approximate surface area is 198 Å². The first kappa shape index (κ1) is 22.4. The molecule has 4 nitrogen and oxygen atoms in total. The Morgan fingerprint density at radius 3 is 2.19 bits per heavy atom. The molecule has 1 heterocycles. The molecule has 2 amide bonds. The highest BCUT2D eigenvalue weighted by Gasteiger charge is 2.33. The molecule has 0 saturated carbocycles. The topological polar surface area (TPSA) is 44.7 Å². The number of benzene rings is 3. The lowest BCUT2D eigenvalue weighted by atomic mass is 9.98. The molecule has 1 aliphatic rings. The summed E-state index contributed by atoms with van der Waals surface area (Å²) >= 11 is 12.1. The third-order valence-corrected chi connectivity index (χ3v) is 6.40. The van der Waals surface area contributed by atoms with E-state index in [1.54, 1.807) is 0 Å². The highest BCUT2D eigenvalue weighted by Crippen LogP contribution is 2.34. The van der Waals surface area contributed by atoms with Crippen LogP contribution in [0.15, 0.2) is 77.9 Å². The summed E-state index contributed by atoms with van der Waals surface area (Å²) in [4.78, 5) is 13.2. The molecule has 0 bridgehead atoms. The van der Waals surface area contributed by atoms with E-state index in [9.17, 15) is 4.79 Å². The van der Waals surface area contributed by atoms with Crippen molar-refractivity contribution in [3.63, 3.8) is 0 Å². The molecule has 32 heavy (non-hydrogen) atoms. The first-order valence-electron chi connectivity index (χ1n) is 10.7. The van der Waals surface area contributed by atoms with Crippen LogP contribution in [-0.4, -0.2) is 16.8 Å². The monoisotopic (exact) mass is 465 g/mol. The van der Waals surface area contributed by atoms with Gasteiger partial charge in [0.1, 0.15) is 0 Å². The van der Waals surface area contributed by atoms with Crippen LogP contribution in [0, 0.1) is 0 Å². The summed E-state index contributed by atoms with van der Waals surface area (Å²) in [6.07, 6.45) is 1.67. The van der Waals surface area contributed by atoms with Gasteiger partial charge in [-0.3, -0.25) is 0 Å². The van der Waals surface area contributed by atoms with Crippen LogP contribution < -0.4 is 5.32 Å². The van der Waals surface area contributed by atoms with Crippen LogP contribution in [-0.2, 0) is 0 Å². The molecule has 6 heteroatoms. The Morgan fingerprint density at radius 1 is 1.00 bits per heavy atom. The minimum Gasteiger partial charge on any atom is -0.306 e. The van der Waals surface area contributed by atoms with Gasteiger partial charge in [0.05, 0.1) is 11.8 Å². The van der Waals surface area contributed by atoms with E-state index in [1.807, 2.05) is 60.7 Å². The number of hydrogen-bond donors (Lipinski definition) is 1. The van der Waals surface area contributed by atoms with E-state index in [0.717, 1.165) is 28.9 Å². The second-order valence-electron chi connectivity index (χ2n) is 8.03. The van der Waals surface area contributed by atoms with Crippen molar-refractivity contribution >= 4 is 40.6 Å². The van der Waals surface area contributed by atoms with E-state index in [0.29, 0.717) is 22.4 Å². The van der Waals surface area contributed by atoms with Crippen molar-refractivity contribution in [1.29, 1.82) is 0 Å². The predicted octanol–water partition coefficient (Wildman–Crippen LogP) is 7.89. The number of anilines is 1. The van der Waals surface area contributed by atoms with Crippen molar-refractivity contribution in [2.45, 2.75) is 38.6 Å². The van der Waals surface area contributed by atoms with Gasteiger partial charge in [0.25, 0.3) is 0 Å². The van der Waals surface area contributed by atoms with Crippen molar-refractivity contribution < 1.29 is 4.79 Å². The third kappa shape index (κ3) is 4.98. The Hall–Kier alpha value is -2.82. The second-order valence-corrected chi connectivity index (χ2v) is 8.90. The van der Waals surface area contributed by atoms with Crippen LogP contribution in [0.5, 0.6) is 0 Å². The molecule has 3 aromatic rings. The van der Waals surface area contributed by atoms with E-state index in [2.05, 4.69) is 36.4 Å². The smallest absolute Gasteiger partial charge is 0.306 e. The van der Waals surface area contributed by atoms with Gasteiger partial charge >= 0.3 is 6.03 Å². The number of amides is 2. The SMILES string of the molecule is CCC(C)c1ccc(NC(=O)N2N=C(c3ccc(Cl)cc3)CC2c2ccc(Cl)cc2)cc1. The number of carbonyl (C=O) groups excluding carboxylic acids is 1. The van der Waals surface area contributed by atoms with E-state index in [4.69, 9.17) is 23.2 Å². The van der Waals surface area contributed by atoms with Gasteiger partial charge < -0.3 is 5.32 Å². The standard InChI is InChI=1S/C26H25Cl2N3O/c1-3-17(2)18-8-14-23(15-9-18)29-26(32)31-25(20-6-12-22(28)13-7-20)16-24(30-31)19-4-10-21(27)11-5-19/h4-15,17,25H,3,16H2,1-2H3,(H,29,32). The zero-order valence-electron chi connectivity index (χ0n) is 18.1. The second kappa shape index (κ2) is 9.76. The molecule has 4 rings (SSSR count). The number of nitrogens with one attached hydrogen (secondary N) is 1. The molecule has 0 aromatic heterocycles. The first-order chi connectivity index (χ1) is 15.4. The molecule has 1 N–H and O–H groups in total. The number of rotatable bonds is 5. The fraction of sp³-hybridized carbons (Fsp3) is 0.231. The van der Waals surface area contributed by atoms with E-state index in [-0.39, 0.29) is 12.1 Å². The zero-order chi connectivity index (χ0) is 22.7. The van der Waals surface area contributed by atoms with Gasteiger partial charge in [-0.2, -0.15) is 5.10 Å². The van der Waals surface area contributed by atoms with Crippen molar-refractivity contribution in [1.82, 2.24) is 5.01 Å². The highest BCUT2D eigenvalue weighted by atomic mass is 35.5. The quantitative estimate of drug-likeness (QED) is 0.408. The molecule has 1 aliphatic heterocycles. The molecule has 0 saturated heterocycles. The average Bonchev–Trinajstić information content (AvgIpc) is 3.25. The summed E-state index contributed by atoms with van der Waals surface area (Å²) in [5.74, 6) is 0.485. The molecular weight excluding hydrogens is 441 g/mol. The molecule has 3 aromatic carbocycles. The predicted molar refractivity (Wildman–Crippen MR) is 133 cm³/mol. The van der Waals surface area contributed by atoms with Crippen molar-refractivity contribution in [3.05, 3.63) is 99.5 Å². The van der Waals surface area contributed by atoms with E-state index < -0.39 is 0 Å². The maximum atomic E-state index is 13.2. The van der Waals surface area contributed by atoms with Crippen LogP contribution in [0.25, 0.3) is 0 Å². The molecule has 0 spiro atoms. The summed E-state index contributed by atoms with van der Waals surface area (Å²) in [5, 5.41) is 10.5. The molecule has 164 valence electrons. The summed E-state index contributed by atoms with van der Waals surface area (Å²) in [6, 6.07) is 22.6. The summed E-state index contributed by atoms with van der Waals surface area (Å²) in [6.45, 7) is 4.36. The van der Waals surface area contributed by atoms with Gasteiger partial charge in [-0.05, 0) is 65.4 Å². The number of halogens is 2. The van der Waals surface area contributed by atoms with Gasteiger partial charge in [-0.1, -0.05) is 73.4 Å². The van der Waals surface area contributed by atoms with E-state index >= 15 is 0 Å². The third-order valence-electron chi connectivity index (χ3n) is 5.89. The molecular formula is C26H25Cl2N3O. The maximum Gasteiger partial charge on any atom is 0.342 e. The van der Waals surface area contributed by atoms with Crippen molar-refractivity contribution in [3.8, 4) is 0 Å². The maximum absolute atomic E-state index is 13.2. The molecule has 0 radical (unpaired) electrons. The van der Waals surface area contributed by atoms with Crippen LogP contribution in [0.1, 0.15) is 55.3 Å². The van der Waals surface area contributed by atoms with Gasteiger partial charge in [-0.15, -0.1) is 0 Å². The van der Waals surface area contributed by atoms with Gasteiger partial charge in [0.15, 0.2) is 0 Å². The Bertz CT molecular complexity index is 1110. The molecule has 2 atom stereocenters. The van der Waals surface area contributed by atoms with Gasteiger partial charge in [-0.25, -0.2) is 9.80 Å². The minimum atomic E-state index is -0.273. The van der Waals surface area contributed by atoms with Gasteiger partial charge in [0, 0.05) is 22.2 Å². The van der Waals surface area contributed by atoms with Crippen LogP contribution in [0.3, 0.4) is 0 Å². The van der Waals surface area contributed by atoms with Crippen LogP contribution in [0.4, 0.5) is 10.5 Å². The Balaban J connectivity index is 1.59. The van der Waals surface area contributed by atoms with Gasteiger partial charge in [0.2, 0.25) is 0 Å². The zero-order valence-corrected chi connectivity index (χ0v) is 19.6. The molecule has 0 aliphatic carbocycles. The molecule has 2 unspecified atom stereocenters. The number of hydrogen-bond acceptors (Lipinski definition) is 2. The first-order valence-corrected chi connectivity index (χ1v) is 11.5. The fourth-order valence-corrected chi connectivity index (χ4v) is 4.02. The fourth-order valence-electron chi connectivity index (χ4n) is 3.77. The number of nitrogens with zero attached hydrogens (tertiary/aromatic N) is 2. The van der Waals surface area contributed by atoms with Crippen molar-refractivity contribution in [2.75, 3.05) is 5.32 Å². The summed E-state index contributed by atoms with van der Waals surface area (Å²) in [7, 11) is 0. The minimum absolute atomic E-state index is 0.225. The lowest BCUT2D eigenvalue weighted by Gasteiger charge is -2.22. The Morgan fingerprint density at radius 2 is 1.59 bits per heavy atom. The van der Waals surface area contributed by atoms with Crippen molar-refractivity contribution in [2.24, 2.45) is 5.10 Å². The number of carbonyl (C=O) groups is 1. The summed E-state index contributed by atoms with van der Waals surface area (Å²) in [5.41, 5.74) is 4.76. The number of hydrazone groups is 1. The van der Waals surface area contributed by atoms with Crippen LogP contribution in [0.2, 0.25) is 10.0 Å². The van der Waals surface area contributed by atoms with Crippen LogP contribution >= 0.6 is 23.2 Å². The lowest BCUT2D eigenvalue weighted by Crippen LogP contribution is -2.31. The summed E-state index contributed by atoms with van der Waals surface area (Å²) < 4.78 is 0. The lowest BCUT2D eigenvalue weighted by molar-refractivity contribution is 0.200. The average molecular weight is 466 g/mol. The largest absolute Gasteiger partial charge is 0.342 e.